The Balaban J connectivity index is -0.000000372. The molecular weight excluding hydrogens is 450 g/mol. The number of rotatable bonds is 14. The van der Waals surface area contributed by atoms with Crippen LogP contribution in [-0.2, 0) is 29.1 Å². The Kier molecular flexibility index (Phi) is 28.2. The molecule has 25 heavy (non-hydrogen) atoms. The van der Waals surface area contributed by atoms with Gasteiger partial charge in [-0.25, -0.2) is 0 Å². The molecule has 0 aliphatic heterocycles. The second-order valence-electron chi connectivity index (χ2n) is 5.57. The maximum Gasteiger partial charge on any atom is 2.00 e. The quantitative estimate of drug-likeness (QED) is 0.174. The average molecular weight is 480 g/mol. The number of thiol groups is 4. The summed E-state index contributed by atoms with van der Waals surface area (Å²) >= 11 is 16.8. The zero-order valence-electron chi connectivity index (χ0n) is 14.8. The smallest absolute Gasteiger partial charge is 0.550 e. The number of carbonyl (C=O) groups is 2. The average Bonchev–Trinajstić information content (AvgIpc) is 2.49. The molecule has 2 atom stereocenters. The van der Waals surface area contributed by atoms with E-state index >= 15 is 0 Å². The van der Waals surface area contributed by atoms with E-state index in [1.807, 2.05) is 0 Å². The molecule has 0 spiro atoms. The summed E-state index contributed by atoms with van der Waals surface area (Å²) in [4.78, 5) is 20.1. The molecule has 0 aromatic rings. The van der Waals surface area contributed by atoms with E-state index in [1.54, 1.807) is 0 Å². The third kappa shape index (κ3) is 30.0. The number of hydrogen-bond acceptors (Lipinski definition) is 8. The van der Waals surface area contributed by atoms with Gasteiger partial charge in [-0.2, -0.15) is 50.5 Å². The maximum atomic E-state index is 10.0. The zero-order valence-corrected chi connectivity index (χ0v) is 21.3. The second-order valence-corrected chi connectivity index (χ2v) is 7.92. The van der Waals surface area contributed by atoms with E-state index in [1.165, 1.54) is 0 Å². The molecule has 0 unspecified atom stereocenters. The first-order valence-corrected chi connectivity index (χ1v) is 10.6. The topological polar surface area (TPSA) is 80.3 Å². The molecule has 4 nitrogen and oxygen atoms in total. The largest absolute Gasteiger partial charge is 2.00 e. The molecule has 0 aliphatic carbocycles. The number of aliphatic carboxylic acids is 2. The van der Waals surface area contributed by atoms with Crippen LogP contribution in [0.5, 0.6) is 0 Å². The monoisotopic (exact) mass is 478 g/mol. The van der Waals surface area contributed by atoms with Crippen molar-refractivity contribution in [2.45, 2.75) is 74.7 Å². The van der Waals surface area contributed by atoms with Gasteiger partial charge in [-0.1, -0.05) is 12.8 Å². The molecule has 0 radical (unpaired) electrons. The fourth-order valence-electron chi connectivity index (χ4n) is 1.89. The summed E-state index contributed by atoms with van der Waals surface area (Å²) in [5, 5.41) is 20.8. The maximum absolute atomic E-state index is 10.0. The number of unbranched alkanes of at least 4 members (excludes halogenated alkanes) is 2. The van der Waals surface area contributed by atoms with E-state index in [-0.39, 0.29) is 32.3 Å². The Labute approximate surface area is 187 Å². The molecule has 0 aliphatic rings. The van der Waals surface area contributed by atoms with Crippen LogP contribution in [0.25, 0.3) is 0 Å². The molecule has 9 heteroatoms. The van der Waals surface area contributed by atoms with E-state index in [9.17, 15) is 19.8 Å². The van der Waals surface area contributed by atoms with E-state index in [2.05, 4.69) is 50.5 Å². The van der Waals surface area contributed by atoms with E-state index in [4.69, 9.17) is 0 Å². The van der Waals surface area contributed by atoms with E-state index < -0.39 is 11.9 Å². The fourth-order valence-corrected chi connectivity index (χ4v) is 3.54. The third-order valence-electron chi connectivity index (χ3n) is 3.26. The Hall–Kier alpha value is 0.963. The first-order chi connectivity index (χ1) is 11.3. The van der Waals surface area contributed by atoms with Gasteiger partial charge in [-0.3, -0.25) is 0 Å². The predicted molar refractivity (Wildman–Crippen MR) is 109 cm³/mol. The minimum atomic E-state index is -0.958. The van der Waals surface area contributed by atoms with Crippen LogP contribution in [0.1, 0.15) is 64.2 Å². The molecule has 144 valence electrons. The van der Waals surface area contributed by atoms with Crippen molar-refractivity contribution in [3.63, 3.8) is 0 Å². The second kappa shape index (κ2) is 23.0. The van der Waals surface area contributed by atoms with Crippen LogP contribution in [0.3, 0.4) is 0 Å². The van der Waals surface area contributed by atoms with Gasteiger partial charge in [0.15, 0.2) is 0 Å². The van der Waals surface area contributed by atoms with Crippen molar-refractivity contribution in [1.82, 2.24) is 0 Å². The summed E-state index contributed by atoms with van der Waals surface area (Å²) < 4.78 is 0. The molecular formula is C16H30O4S4Zn. The molecule has 0 saturated heterocycles. The summed E-state index contributed by atoms with van der Waals surface area (Å²) in [5.41, 5.74) is 0. The van der Waals surface area contributed by atoms with E-state index in [0.717, 1.165) is 50.0 Å². The molecule has 0 bridgehead atoms. The molecule has 0 saturated carbocycles. The van der Waals surface area contributed by atoms with Crippen LogP contribution in [0.15, 0.2) is 0 Å². The van der Waals surface area contributed by atoms with Crippen molar-refractivity contribution in [2.75, 3.05) is 11.5 Å². The van der Waals surface area contributed by atoms with Crippen molar-refractivity contribution >= 4 is 62.5 Å². The van der Waals surface area contributed by atoms with Gasteiger partial charge in [0.05, 0.1) is 0 Å². The van der Waals surface area contributed by atoms with Gasteiger partial charge in [0.25, 0.3) is 0 Å². The van der Waals surface area contributed by atoms with Crippen molar-refractivity contribution < 1.29 is 39.3 Å². The fraction of sp³-hybridized carbons (Fsp3) is 0.875. The van der Waals surface area contributed by atoms with Crippen molar-refractivity contribution in [1.29, 1.82) is 0 Å². The third-order valence-corrected chi connectivity index (χ3v) is 4.81. The first-order valence-electron chi connectivity index (χ1n) is 8.31. The number of carboxylic acids is 2. The van der Waals surface area contributed by atoms with Crippen LogP contribution in [-0.4, -0.2) is 33.9 Å². The van der Waals surface area contributed by atoms with Crippen molar-refractivity contribution in [3.8, 4) is 0 Å². The van der Waals surface area contributed by atoms with Crippen LogP contribution in [0.4, 0.5) is 0 Å². The van der Waals surface area contributed by atoms with Crippen molar-refractivity contribution in [2.24, 2.45) is 0 Å². The summed E-state index contributed by atoms with van der Waals surface area (Å²) in [6.07, 6.45) is 7.47. The number of carbonyl (C=O) groups excluding carboxylic acids is 2. The SMILES string of the molecule is O=C([O-])CCCC[C@H](S)CCS.O=C([O-])CCCC[C@H](S)CCS.[Zn+2]. The van der Waals surface area contributed by atoms with Crippen LogP contribution in [0, 0.1) is 0 Å². The summed E-state index contributed by atoms with van der Waals surface area (Å²) in [6.45, 7) is 0. The van der Waals surface area contributed by atoms with Gasteiger partial charge in [-0.05, 0) is 62.9 Å². The van der Waals surface area contributed by atoms with Crippen molar-refractivity contribution in [3.05, 3.63) is 0 Å². The van der Waals surface area contributed by atoms with Gasteiger partial charge in [0, 0.05) is 22.4 Å². The van der Waals surface area contributed by atoms with Gasteiger partial charge >= 0.3 is 19.5 Å². The predicted octanol–water partition coefficient (Wildman–Crippen LogP) is 1.83. The van der Waals surface area contributed by atoms with Crippen LogP contribution in [0.2, 0.25) is 0 Å². The Morgan fingerprint density at radius 2 is 1.00 bits per heavy atom. The van der Waals surface area contributed by atoms with Crippen LogP contribution < -0.4 is 10.2 Å². The minimum absolute atomic E-state index is 0. The summed E-state index contributed by atoms with van der Waals surface area (Å²) in [6, 6.07) is 0. The molecule has 0 rings (SSSR count). The molecule has 0 N–H and O–H groups in total. The summed E-state index contributed by atoms with van der Waals surface area (Å²) in [5.74, 6) is -0.233. The number of carboxylic acid groups (broad SMARTS) is 2. The summed E-state index contributed by atoms with van der Waals surface area (Å²) in [7, 11) is 0. The molecule has 0 amide bonds. The standard InChI is InChI=1S/2C8H16O2S2.Zn/c2*9-8(10)4-2-1-3-7(12)5-6-11;/h2*7,11-12H,1-6H2,(H,9,10);/q;;+2/p-2/t2*7-;/m00./s1. The molecule has 0 heterocycles. The van der Waals surface area contributed by atoms with Gasteiger partial charge in [0.2, 0.25) is 0 Å². The Morgan fingerprint density at radius 3 is 1.24 bits per heavy atom. The van der Waals surface area contributed by atoms with Gasteiger partial charge in [-0.15, -0.1) is 0 Å². The van der Waals surface area contributed by atoms with Gasteiger partial charge < -0.3 is 19.8 Å². The molecule has 0 aromatic heterocycles. The number of hydrogen-bond donors (Lipinski definition) is 4. The molecule has 0 aromatic carbocycles. The Bertz CT molecular complexity index is 293. The Morgan fingerprint density at radius 1 is 0.680 bits per heavy atom. The molecule has 0 fully saturated rings. The van der Waals surface area contributed by atoms with Crippen LogP contribution >= 0.6 is 50.5 Å². The minimum Gasteiger partial charge on any atom is -0.550 e. The van der Waals surface area contributed by atoms with E-state index in [0.29, 0.717) is 23.3 Å². The first kappa shape index (κ1) is 30.7. The normalized spacial score (nSPS) is 12.3. The zero-order chi connectivity index (χ0) is 18.8. The van der Waals surface area contributed by atoms with Gasteiger partial charge in [0.1, 0.15) is 0 Å².